The molecule has 0 aliphatic heterocycles. The molecule has 10 aromatic carbocycles. The molecule has 0 saturated heterocycles. The van der Waals surface area contributed by atoms with Gasteiger partial charge in [0.05, 0.1) is 0 Å². The van der Waals surface area contributed by atoms with Crippen LogP contribution in [0.5, 0.6) is 0 Å². The lowest BCUT2D eigenvalue weighted by Crippen LogP contribution is -2.10. The summed E-state index contributed by atoms with van der Waals surface area (Å²) in [7, 11) is 0. The van der Waals surface area contributed by atoms with Gasteiger partial charge < -0.3 is 0 Å². The molecule has 0 aromatic heterocycles. The molecule has 0 spiro atoms. The molecule has 0 nitrogen and oxygen atoms in total. The first-order valence-electron chi connectivity index (χ1n) is 21.4. The van der Waals surface area contributed by atoms with Gasteiger partial charge in [-0.15, -0.1) is 0 Å². The Morgan fingerprint density at radius 3 is 1.15 bits per heavy atom. The van der Waals surface area contributed by atoms with E-state index in [-0.39, 0.29) is 10.8 Å². The number of rotatable bonds is 4. The van der Waals surface area contributed by atoms with Crippen LogP contribution in [0.4, 0.5) is 0 Å². The second-order valence-electron chi connectivity index (χ2n) is 18.8. The Labute approximate surface area is 353 Å². The monoisotopic (exact) mass is 768 g/mol. The van der Waals surface area contributed by atoms with Crippen molar-refractivity contribution in [3.05, 3.63) is 193 Å². The quantitative estimate of drug-likeness (QED) is 0.124. The molecule has 0 unspecified atom stereocenters. The Morgan fingerprint density at radius 2 is 0.667 bits per heavy atom. The fourth-order valence-electron chi connectivity index (χ4n) is 10.2. The first kappa shape index (κ1) is 36.3. The van der Waals surface area contributed by atoms with E-state index in [1.165, 1.54) is 121 Å². The number of benzene rings is 10. The topological polar surface area (TPSA) is 0 Å². The Morgan fingerprint density at radius 1 is 0.267 bits per heavy atom. The molecule has 0 saturated carbocycles. The average Bonchev–Trinajstić information content (AvgIpc) is 3.59. The zero-order valence-corrected chi connectivity index (χ0v) is 35.3. The van der Waals surface area contributed by atoms with Gasteiger partial charge in [0.2, 0.25) is 0 Å². The molecule has 0 heteroatoms. The summed E-state index contributed by atoms with van der Waals surface area (Å²) in [5.41, 5.74) is 18.0. The van der Waals surface area contributed by atoms with Gasteiger partial charge in [-0.2, -0.15) is 0 Å². The van der Waals surface area contributed by atoms with Crippen LogP contribution in [0.3, 0.4) is 0 Å². The van der Waals surface area contributed by atoms with Crippen molar-refractivity contribution in [2.24, 2.45) is 0 Å². The zero-order chi connectivity index (χ0) is 40.9. The molecule has 1 aliphatic carbocycles. The van der Waals surface area contributed by atoms with E-state index >= 15 is 0 Å². The Bertz CT molecular complexity index is 3320. The lowest BCUT2D eigenvalue weighted by atomic mass is 9.75. The highest BCUT2D eigenvalue weighted by molar-refractivity contribution is 6.36. The molecule has 60 heavy (non-hydrogen) atoms. The highest BCUT2D eigenvalue weighted by Gasteiger charge is 2.34. The van der Waals surface area contributed by atoms with Crippen LogP contribution in [-0.4, -0.2) is 0 Å². The van der Waals surface area contributed by atoms with Crippen molar-refractivity contribution in [2.45, 2.75) is 52.4 Å². The van der Waals surface area contributed by atoms with Crippen LogP contribution in [0.2, 0.25) is 0 Å². The molecule has 1 aliphatic rings. The van der Waals surface area contributed by atoms with Crippen LogP contribution in [0.15, 0.2) is 182 Å². The van der Waals surface area contributed by atoms with Gasteiger partial charge in [0, 0.05) is 0 Å². The summed E-state index contributed by atoms with van der Waals surface area (Å²) in [4.78, 5) is 0. The van der Waals surface area contributed by atoms with Crippen molar-refractivity contribution in [1.82, 2.24) is 0 Å². The van der Waals surface area contributed by atoms with E-state index in [4.69, 9.17) is 0 Å². The molecular formula is C60H48. The lowest BCUT2D eigenvalue weighted by molar-refractivity contribution is 0.590. The molecule has 11 rings (SSSR count). The van der Waals surface area contributed by atoms with E-state index in [0.717, 1.165) is 0 Å². The van der Waals surface area contributed by atoms with Gasteiger partial charge in [-0.25, -0.2) is 0 Å². The van der Waals surface area contributed by atoms with E-state index < -0.39 is 0 Å². The predicted octanol–water partition coefficient (Wildman–Crippen LogP) is 17.2. The van der Waals surface area contributed by atoms with Crippen LogP contribution < -0.4 is 0 Å². The van der Waals surface area contributed by atoms with E-state index in [1.54, 1.807) is 0 Å². The summed E-state index contributed by atoms with van der Waals surface area (Å²) >= 11 is 0. The van der Waals surface area contributed by atoms with Crippen molar-refractivity contribution >= 4 is 43.1 Å². The summed E-state index contributed by atoms with van der Waals surface area (Å²) < 4.78 is 0. The third kappa shape index (κ3) is 5.51. The second-order valence-corrected chi connectivity index (χ2v) is 18.8. The average molecular weight is 769 g/mol. The Balaban J connectivity index is 1.47. The zero-order valence-electron chi connectivity index (χ0n) is 35.3. The van der Waals surface area contributed by atoms with Crippen molar-refractivity contribution < 1.29 is 0 Å². The SMILES string of the molecule is CC(C)(C)c1ccc(-c2c3c(c(-c4ccc(C(C)(C)C)cc4)c4c(-c5ccccc5)c5ccccc5c(-c5ccccc5)c24)-c2cc4ccccc4c4cccc-3c24)cc1. The maximum Gasteiger partial charge on any atom is -0.000116 e. The summed E-state index contributed by atoms with van der Waals surface area (Å²) in [5, 5.41) is 10.3. The number of fused-ring (bicyclic) bond motifs is 7. The fourth-order valence-corrected chi connectivity index (χ4v) is 10.2. The van der Waals surface area contributed by atoms with E-state index in [1.807, 2.05) is 0 Å². The van der Waals surface area contributed by atoms with Crippen LogP contribution in [0.1, 0.15) is 52.7 Å². The van der Waals surface area contributed by atoms with E-state index in [0.29, 0.717) is 0 Å². The standard InChI is InChI=1S/C60H48/c1-59(2,3)42-32-28-39(29-33-42)52-55-48-27-17-26-45-44-23-14-13-22-41(44)36-49(54(45)48)56(55)53(40-30-34-43(35-31-40)60(4,5)6)58-51(38-20-11-8-12-21-38)47-25-16-15-24-46(47)50(57(52)58)37-18-9-7-10-19-37/h7-36H,1-6H3. The van der Waals surface area contributed by atoms with Gasteiger partial charge in [0.1, 0.15) is 0 Å². The second kappa shape index (κ2) is 13.4. The van der Waals surface area contributed by atoms with Gasteiger partial charge in [-0.05, 0) is 138 Å². The maximum absolute atomic E-state index is 2.49. The van der Waals surface area contributed by atoms with Crippen LogP contribution >= 0.6 is 0 Å². The molecule has 0 amide bonds. The van der Waals surface area contributed by atoms with Crippen LogP contribution in [-0.2, 0) is 10.8 Å². The number of hydrogen-bond donors (Lipinski definition) is 0. The van der Waals surface area contributed by atoms with Crippen LogP contribution in [0, 0.1) is 0 Å². The van der Waals surface area contributed by atoms with Crippen molar-refractivity contribution in [3.63, 3.8) is 0 Å². The van der Waals surface area contributed by atoms with Gasteiger partial charge in [0.25, 0.3) is 0 Å². The summed E-state index contributed by atoms with van der Waals surface area (Å²) in [6.45, 7) is 13.9. The molecule has 0 bridgehead atoms. The van der Waals surface area contributed by atoms with Gasteiger partial charge in [0.15, 0.2) is 0 Å². The summed E-state index contributed by atoms with van der Waals surface area (Å²) in [6.07, 6.45) is 0. The summed E-state index contributed by atoms with van der Waals surface area (Å²) in [6, 6.07) is 69.0. The van der Waals surface area contributed by atoms with Crippen LogP contribution in [0.25, 0.3) is 110 Å². The minimum Gasteiger partial charge on any atom is -0.0622 e. The first-order chi connectivity index (χ1) is 29.1. The smallest absolute Gasteiger partial charge is 0.000116 e. The Kier molecular flexibility index (Phi) is 8.10. The molecule has 10 aromatic rings. The highest BCUT2D eigenvalue weighted by atomic mass is 14.4. The molecule has 0 atom stereocenters. The number of hydrogen-bond acceptors (Lipinski definition) is 0. The third-order valence-corrected chi connectivity index (χ3v) is 13.1. The minimum atomic E-state index is 0.0260. The predicted molar refractivity (Wildman–Crippen MR) is 260 cm³/mol. The van der Waals surface area contributed by atoms with Crippen molar-refractivity contribution in [1.29, 1.82) is 0 Å². The fraction of sp³-hybridized carbons (Fsp3) is 0.133. The molecule has 288 valence electrons. The highest BCUT2D eigenvalue weighted by Crippen LogP contribution is 2.62. The Hall–Kier alpha value is -6.76. The first-order valence-corrected chi connectivity index (χ1v) is 21.4. The van der Waals surface area contributed by atoms with E-state index in [9.17, 15) is 0 Å². The molecule has 0 fully saturated rings. The van der Waals surface area contributed by atoms with Gasteiger partial charge in [-0.3, -0.25) is 0 Å². The lowest BCUT2D eigenvalue weighted by Gasteiger charge is -2.27. The normalized spacial score (nSPS) is 12.5. The molecule has 0 N–H and O–H groups in total. The van der Waals surface area contributed by atoms with Crippen molar-refractivity contribution in [3.8, 4) is 66.8 Å². The maximum atomic E-state index is 2.49. The molecule has 0 heterocycles. The van der Waals surface area contributed by atoms with E-state index in [2.05, 4.69) is 224 Å². The third-order valence-electron chi connectivity index (χ3n) is 13.1. The molecule has 0 radical (unpaired) electrons. The largest absolute Gasteiger partial charge is 0.0622 e. The van der Waals surface area contributed by atoms with Gasteiger partial charge >= 0.3 is 0 Å². The van der Waals surface area contributed by atoms with Crippen molar-refractivity contribution in [2.75, 3.05) is 0 Å². The van der Waals surface area contributed by atoms with Gasteiger partial charge in [-0.1, -0.05) is 217 Å². The minimum absolute atomic E-state index is 0.0260. The summed E-state index contributed by atoms with van der Waals surface area (Å²) in [5.74, 6) is 0. The molecular weight excluding hydrogens is 721 g/mol.